The first-order chi connectivity index (χ1) is 16.0. The van der Waals surface area contributed by atoms with E-state index in [1.807, 2.05) is 12.1 Å². The maximum atomic E-state index is 14.1. The van der Waals surface area contributed by atoms with E-state index in [1.54, 1.807) is 66.1 Å². The van der Waals surface area contributed by atoms with Gasteiger partial charge in [-0.15, -0.1) is 11.8 Å². The molecule has 3 heterocycles. The lowest BCUT2D eigenvalue weighted by Crippen LogP contribution is -2.44. The fraction of sp³-hybridized carbons (Fsp3) is 0.115. The molecule has 2 aromatic carbocycles. The zero-order valence-corrected chi connectivity index (χ0v) is 18.2. The van der Waals surface area contributed by atoms with E-state index >= 15 is 0 Å². The quantitative estimate of drug-likeness (QED) is 0.413. The molecule has 0 saturated carbocycles. The van der Waals surface area contributed by atoms with Crippen molar-refractivity contribution in [1.29, 1.82) is 0 Å². The first-order valence-corrected chi connectivity index (χ1v) is 11.2. The van der Waals surface area contributed by atoms with Crippen LogP contribution in [0.1, 0.15) is 28.6 Å². The second-order valence-electron chi connectivity index (χ2n) is 7.74. The number of hydrogen-bond acceptors (Lipinski definition) is 6. The van der Waals surface area contributed by atoms with Crippen LogP contribution in [0, 0.1) is 0 Å². The van der Waals surface area contributed by atoms with Crippen LogP contribution in [0.25, 0.3) is 0 Å². The fourth-order valence-electron chi connectivity index (χ4n) is 4.29. The number of allylic oxidation sites excluding steroid dienone is 1. The van der Waals surface area contributed by atoms with Gasteiger partial charge in [0.25, 0.3) is 5.91 Å². The van der Waals surface area contributed by atoms with Crippen LogP contribution in [-0.4, -0.2) is 27.3 Å². The number of carbonyl (C=O) groups excluding carboxylic acids is 3. The van der Waals surface area contributed by atoms with Crippen LogP contribution < -0.4 is 4.90 Å². The molecular weight excluding hydrogens is 438 g/mol. The number of benzene rings is 2. The molecule has 1 N–H and O–H groups in total. The maximum absolute atomic E-state index is 14.1. The van der Waals surface area contributed by atoms with Crippen LogP contribution in [0.3, 0.4) is 0 Å². The van der Waals surface area contributed by atoms with E-state index in [-0.39, 0.29) is 17.8 Å². The number of amides is 1. The molecule has 33 heavy (non-hydrogen) atoms. The zero-order valence-electron chi connectivity index (χ0n) is 17.4. The normalized spacial score (nSPS) is 22.2. The highest BCUT2D eigenvalue weighted by Crippen LogP contribution is 2.48. The summed E-state index contributed by atoms with van der Waals surface area (Å²) in [6.45, 7) is 0. The second-order valence-corrected chi connectivity index (χ2v) is 8.95. The summed E-state index contributed by atoms with van der Waals surface area (Å²) in [5, 5.41) is 12.7. The van der Waals surface area contributed by atoms with E-state index in [0.717, 1.165) is 11.8 Å². The minimum absolute atomic E-state index is 0.0557. The Morgan fingerprint density at radius 3 is 2.27 bits per heavy atom. The first-order valence-electron chi connectivity index (χ1n) is 10.4. The average molecular weight is 458 g/mol. The molecule has 6 nitrogen and oxygen atoms in total. The monoisotopic (exact) mass is 457 g/mol. The number of thioether (sulfide) groups is 1. The number of ketones is 2. The number of carbonyl (C=O) groups is 3. The Hall–Kier alpha value is -3.84. The molecule has 0 saturated heterocycles. The highest BCUT2D eigenvalue weighted by atomic mass is 32.2. The van der Waals surface area contributed by atoms with E-state index < -0.39 is 34.0 Å². The third kappa shape index (κ3) is 3.32. The Kier molecular flexibility index (Phi) is 5.26. The molecule has 2 unspecified atom stereocenters. The maximum Gasteiger partial charge on any atom is 0.294 e. The van der Waals surface area contributed by atoms with Crippen molar-refractivity contribution in [3.05, 3.63) is 113 Å². The number of anilines is 1. The minimum atomic E-state index is -1.55. The molecule has 164 valence electrons. The summed E-state index contributed by atoms with van der Waals surface area (Å²) in [5.41, 5.74) is 1.10. The van der Waals surface area contributed by atoms with Crippen molar-refractivity contribution in [2.45, 2.75) is 17.2 Å². The van der Waals surface area contributed by atoms with Crippen LogP contribution in [0.4, 0.5) is 5.69 Å². The predicted octanol–water partition coefficient (Wildman–Crippen LogP) is 5.02. The molecule has 0 aliphatic carbocycles. The fourth-order valence-corrected chi connectivity index (χ4v) is 5.33. The SMILES string of the molecule is O=C1C(O)=C(C(=O)C2(C(=O)c3ccco3)CC=CS2)C(c2ccccc2)N1c1ccccc1. The van der Waals surface area contributed by atoms with Crippen molar-refractivity contribution in [2.24, 2.45) is 0 Å². The summed E-state index contributed by atoms with van der Waals surface area (Å²) in [6, 6.07) is 20.1. The van der Waals surface area contributed by atoms with Crippen LogP contribution in [0.2, 0.25) is 0 Å². The summed E-state index contributed by atoms with van der Waals surface area (Å²) in [4.78, 5) is 42.2. The smallest absolute Gasteiger partial charge is 0.294 e. The number of nitrogens with zero attached hydrogens (tertiary/aromatic N) is 1. The number of furan rings is 1. The number of rotatable bonds is 6. The van der Waals surface area contributed by atoms with Gasteiger partial charge in [0.1, 0.15) is 0 Å². The zero-order chi connectivity index (χ0) is 23.0. The first kappa shape index (κ1) is 21.0. The van der Waals surface area contributed by atoms with Crippen LogP contribution in [0.5, 0.6) is 0 Å². The molecule has 0 fully saturated rings. The van der Waals surface area contributed by atoms with Crippen molar-refractivity contribution in [3.8, 4) is 0 Å². The summed E-state index contributed by atoms with van der Waals surface area (Å²) >= 11 is 1.07. The topological polar surface area (TPSA) is 87.8 Å². The highest BCUT2D eigenvalue weighted by Gasteiger charge is 2.55. The Bertz CT molecular complexity index is 1270. The van der Waals surface area contributed by atoms with E-state index in [1.165, 1.54) is 17.2 Å². The van der Waals surface area contributed by atoms with E-state index in [2.05, 4.69) is 0 Å². The van der Waals surface area contributed by atoms with Crippen LogP contribution >= 0.6 is 11.8 Å². The van der Waals surface area contributed by atoms with Gasteiger partial charge in [0, 0.05) is 5.69 Å². The molecule has 0 bridgehead atoms. The molecule has 1 aromatic heterocycles. The predicted molar refractivity (Wildman–Crippen MR) is 125 cm³/mol. The van der Waals surface area contributed by atoms with Gasteiger partial charge in [-0.05, 0) is 41.7 Å². The van der Waals surface area contributed by atoms with Gasteiger partial charge in [0.2, 0.25) is 5.78 Å². The number of hydrogen-bond donors (Lipinski definition) is 1. The summed E-state index contributed by atoms with van der Waals surface area (Å²) < 4.78 is 3.74. The number of para-hydroxylation sites is 1. The number of aliphatic hydroxyl groups excluding tert-OH is 1. The average Bonchev–Trinajstić information content (AvgIpc) is 3.61. The molecule has 2 atom stereocenters. The van der Waals surface area contributed by atoms with Gasteiger partial charge in [-0.3, -0.25) is 19.3 Å². The van der Waals surface area contributed by atoms with Crippen LogP contribution in [0.15, 0.2) is 106 Å². The van der Waals surface area contributed by atoms with Crippen molar-refractivity contribution < 1.29 is 23.9 Å². The third-order valence-corrected chi connectivity index (χ3v) is 7.12. The van der Waals surface area contributed by atoms with Gasteiger partial charge in [-0.2, -0.15) is 0 Å². The molecule has 1 amide bonds. The highest BCUT2D eigenvalue weighted by molar-refractivity contribution is 8.05. The van der Waals surface area contributed by atoms with Gasteiger partial charge in [-0.25, -0.2) is 0 Å². The lowest BCUT2D eigenvalue weighted by atomic mass is 9.84. The Labute approximate surface area is 194 Å². The van der Waals surface area contributed by atoms with Gasteiger partial charge < -0.3 is 9.52 Å². The lowest BCUT2D eigenvalue weighted by molar-refractivity contribution is -0.118. The third-order valence-electron chi connectivity index (χ3n) is 5.85. The standard InChI is InChI=1S/C26H19NO5S/c28-22-20(24(30)26(14-8-16-33-26)23(29)19-13-7-15-32-19)21(17-9-3-1-4-10-17)27(25(22)31)18-11-5-2-6-12-18/h1-13,15-16,21,28H,14H2. The van der Waals surface area contributed by atoms with Gasteiger partial charge in [0.05, 0.1) is 17.9 Å². The van der Waals surface area contributed by atoms with Crippen molar-refractivity contribution >= 4 is 34.9 Å². The minimum Gasteiger partial charge on any atom is -0.503 e. The lowest BCUT2D eigenvalue weighted by Gasteiger charge is -2.30. The van der Waals surface area contributed by atoms with Crippen molar-refractivity contribution in [3.63, 3.8) is 0 Å². The molecule has 0 radical (unpaired) electrons. The van der Waals surface area contributed by atoms with Crippen LogP contribution in [-0.2, 0) is 9.59 Å². The molecule has 0 spiro atoms. The van der Waals surface area contributed by atoms with E-state index in [4.69, 9.17) is 4.42 Å². The Balaban J connectivity index is 1.65. The van der Waals surface area contributed by atoms with E-state index in [9.17, 15) is 19.5 Å². The molecular formula is C26H19NO5S. The summed E-state index contributed by atoms with van der Waals surface area (Å²) in [6.07, 6.45) is 3.25. The number of Topliss-reactive ketones (excluding diaryl/α,β-unsaturated/α-hetero) is 2. The van der Waals surface area contributed by atoms with Gasteiger partial charge in [0.15, 0.2) is 22.0 Å². The summed E-state index contributed by atoms with van der Waals surface area (Å²) in [5.74, 6) is -2.37. The number of aliphatic hydroxyl groups is 1. The molecule has 7 heteroatoms. The molecule has 2 aliphatic heterocycles. The van der Waals surface area contributed by atoms with Gasteiger partial charge in [-0.1, -0.05) is 54.6 Å². The molecule has 2 aliphatic rings. The molecule has 3 aromatic rings. The van der Waals surface area contributed by atoms with E-state index in [0.29, 0.717) is 11.3 Å². The Morgan fingerprint density at radius 2 is 1.67 bits per heavy atom. The second kappa shape index (κ2) is 8.26. The Morgan fingerprint density at radius 1 is 0.970 bits per heavy atom. The van der Waals surface area contributed by atoms with Crippen molar-refractivity contribution in [1.82, 2.24) is 0 Å². The van der Waals surface area contributed by atoms with Crippen molar-refractivity contribution in [2.75, 3.05) is 4.90 Å². The van der Waals surface area contributed by atoms with Gasteiger partial charge >= 0.3 is 0 Å². The largest absolute Gasteiger partial charge is 0.503 e. The summed E-state index contributed by atoms with van der Waals surface area (Å²) in [7, 11) is 0. The molecule has 5 rings (SSSR count).